The van der Waals surface area contributed by atoms with Crippen molar-refractivity contribution in [2.24, 2.45) is 0 Å². The Kier molecular flexibility index (Phi) is 5.64. The first-order valence-corrected chi connectivity index (χ1v) is 12.6. The van der Waals surface area contributed by atoms with Gasteiger partial charge < -0.3 is 24.3 Å². The van der Waals surface area contributed by atoms with Gasteiger partial charge in [-0.25, -0.2) is 9.59 Å². The molecule has 4 heterocycles. The van der Waals surface area contributed by atoms with E-state index in [2.05, 4.69) is 4.98 Å². The van der Waals surface area contributed by atoms with Crippen LogP contribution in [0, 0.1) is 15.9 Å². The molecular weight excluding hydrogens is 537 g/mol. The lowest BCUT2D eigenvalue weighted by molar-refractivity contribution is -0.385. The van der Waals surface area contributed by atoms with E-state index in [1.165, 1.54) is 4.57 Å². The molecule has 1 saturated heterocycles. The van der Waals surface area contributed by atoms with Crippen molar-refractivity contribution in [2.75, 3.05) is 24.6 Å². The zero-order valence-electron chi connectivity index (χ0n) is 20.4. The average Bonchev–Trinajstić information content (AvgIpc) is 3.21. The van der Waals surface area contributed by atoms with Gasteiger partial charge in [0, 0.05) is 30.4 Å². The van der Waals surface area contributed by atoms with Crippen molar-refractivity contribution in [3.05, 3.63) is 71.6 Å². The standard InChI is InChI=1S/C25H21ClFN5O7/c1-11-10-39-23-20-17(22(33)14(24(34)35)9-30(11)20)19(32(37)38)18(27)21(23)29-6-4-13(5-7-29)31-16-3-2-12(26)8-15(16)28-25(31)36/h2-3,8-9,11,13H,4-7,10H2,1H3,(H,28,36)(H,34,35)/t11-/m0/s1. The molecule has 14 heteroatoms. The van der Waals surface area contributed by atoms with E-state index in [0.29, 0.717) is 28.9 Å². The molecule has 2 aliphatic rings. The van der Waals surface area contributed by atoms with Crippen molar-refractivity contribution in [1.82, 2.24) is 14.1 Å². The van der Waals surface area contributed by atoms with Crippen LogP contribution in [-0.2, 0) is 0 Å². The highest BCUT2D eigenvalue weighted by atomic mass is 35.5. The zero-order chi connectivity index (χ0) is 27.7. The number of nitro benzene ring substituents is 1. The number of imidazole rings is 1. The van der Waals surface area contributed by atoms with Gasteiger partial charge in [0.2, 0.25) is 11.2 Å². The van der Waals surface area contributed by atoms with Crippen LogP contribution in [-0.4, -0.2) is 49.8 Å². The molecule has 0 radical (unpaired) electrons. The van der Waals surface area contributed by atoms with Crippen LogP contribution >= 0.6 is 11.6 Å². The number of rotatable bonds is 4. The van der Waals surface area contributed by atoms with Gasteiger partial charge in [-0.3, -0.25) is 19.5 Å². The van der Waals surface area contributed by atoms with Gasteiger partial charge in [0.15, 0.2) is 5.75 Å². The zero-order valence-corrected chi connectivity index (χ0v) is 21.2. The van der Waals surface area contributed by atoms with Gasteiger partial charge in [-0.05, 0) is 38.0 Å². The summed E-state index contributed by atoms with van der Waals surface area (Å²) in [6, 6.07) is 4.40. The molecular formula is C25H21ClFN5O7. The molecule has 2 aliphatic heterocycles. The minimum Gasteiger partial charge on any atom is -0.487 e. The van der Waals surface area contributed by atoms with Crippen molar-refractivity contribution < 1.29 is 24.0 Å². The fourth-order valence-electron chi connectivity index (χ4n) is 5.71. The number of benzene rings is 2. The van der Waals surface area contributed by atoms with Gasteiger partial charge in [0.1, 0.15) is 28.8 Å². The SMILES string of the molecule is C[C@H]1COc2c(N3CCC(n4c(=O)[nH]c5cc(Cl)ccc54)CC3)c(F)c([N+](=O)[O-])c3c(=O)c(C(=O)O)cn1c23. The Labute approximate surface area is 222 Å². The summed E-state index contributed by atoms with van der Waals surface area (Å²) >= 11 is 6.05. The molecule has 12 nitrogen and oxygen atoms in total. The smallest absolute Gasteiger partial charge is 0.341 e. The molecule has 2 aromatic carbocycles. The molecule has 2 N–H and O–H groups in total. The lowest BCUT2D eigenvalue weighted by atomic mass is 10.0. The number of fused-ring (bicyclic) bond motifs is 1. The number of halogens is 2. The molecule has 0 saturated carbocycles. The number of pyridine rings is 1. The van der Waals surface area contributed by atoms with Gasteiger partial charge in [0.05, 0.1) is 22.0 Å². The second-order valence-corrected chi connectivity index (χ2v) is 10.2. The summed E-state index contributed by atoms with van der Waals surface area (Å²) in [5.41, 5.74) is -2.13. The van der Waals surface area contributed by atoms with E-state index in [4.69, 9.17) is 16.3 Å². The normalized spacial score (nSPS) is 17.5. The molecule has 2 aromatic heterocycles. The number of nitrogens with zero attached hydrogens (tertiary/aromatic N) is 4. The number of nitrogens with one attached hydrogen (secondary N) is 1. The summed E-state index contributed by atoms with van der Waals surface area (Å²) in [6.45, 7) is 2.21. The third kappa shape index (κ3) is 3.67. The van der Waals surface area contributed by atoms with Gasteiger partial charge in [-0.1, -0.05) is 11.6 Å². The van der Waals surface area contributed by atoms with Crippen molar-refractivity contribution in [1.29, 1.82) is 0 Å². The molecule has 39 heavy (non-hydrogen) atoms. The number of hydrogen-bond donors (Lipinski definition) is 2. The van der Waals surface area contributed by atoms with E-state index in [1.807, 2.05) is 0 Å². The van der Waals surface area contributed by atoms with E-state index >= 15 is 4.39 Å². The summed E-state index contributed by atoms with van der Waals surface area (Å²) in [5.74, 6) is -2.88. The number of piperidine rings is 1. The number of aromatic amines is 1. The first kappa shape index (κ1) is 24.9. The number of carbonyl (C=O) groups is 1. The van der Waals surface area contributed by atoms with Crippen molar-refractivity contribution in [3.8, 4) is 5.75 Å². The van der Waals surface area contributed by atoms with Gasteiger partial charge in [-0.15, -0.1) is 0 Å². The van der Waals surface area contributed by atoms with Crippen LogP contribution in [0.15, 0.2) is 34.0 Å². The first-order chi connectivity index (χ1) is 18.6. The van der Waals surface area contributed by atoms with Crippen molar-refractivity contribution in [3.63, 3.8) is 0 Å². The molecule has 202 valence electrons. The first-order valence-electron chi connectivity index (χ1n) is 12.2. The molecule has 0 spiro atoms. The summed E-state index contributed by atoms with van der Waals surface area (Å²) in [7, 11) is 0. The lowest BCUT2D eigenvalue weighted by Gasteiger charge is -2.36. The van der Waals surface area contributed by atoms with E-state index < -0.39 is 44.8 Å². The minimum atomic E-state index is -1.57. The van der Waals surface area contributed by atoms with Crippen LogP contribution in [0.5, 0.6) is 5.75 Å². The van der Waals surface area contributed by atoms with Gasteiger partial charge in [-0.2, -0.15) is 4.39 Å². The van der Waals surface area contributed by atoms with Gasteiger partial charge >= 0.3 is 17.3 Å². The third-order valence-corrected chi connectivity index (χ3v) is 7.73. The quantitative estimate of drug-likeness (QED) is 0.283. The molecule has 1 fully saturated rings. The Morgan fingerprint density at radius 2 is 2.00 bits per heavy atom. The maximum Gasteiger partial charge on any atom is 0.341 e. The van der Waals surface area contributed by atoms with Crippen LogP contribution in [0.25, 0.3) is 21.9 Å². The fraction of sp³-hybridized carbons (Fsp3) is 0.320. The number of nitro groups is 1. The second kappa shape index (κ2) is 8.83. The molecule has 0 aliphatic carbocycles. The maximum absolute atomic E-state index is 16.0. The van der Waals surface area contributed by atoms with E-state index in [9.17, 15) is 29.6 Å². The number of H-pyrrole nitrogens is 1. The number of carboxylic acid groups (broad SMARTS) is 1. The summed E-state index contributed by atoms with van der Waals surface area (Å²) in [5, 5.41) is 21.4. The van der Waals surface area contributed by atoms with Crippen molar-refractivity contribution >= 4 is 50.9 Å². The number of carboxylic acids is 1. The largest absolute Gasteiger partial charge is 0.487 e. The van der Waals surface area contributed by atoms with E-state index in [1.54, 1.807) is 34.6 Å². The molecule has 1 atom stereocenters. The van der Waals surface area contributed by atoms with E-state index in [0.717, 1.165) is 6.20 Å². The maximum atomic E-state index is 16.0. The average molecular weight is 558 g/mol. The Bertz CT molecular complexity index is 1840. The second-order valence-electron chi connectivity index (χ2n) is 9.75. The predicted molar refractivity (Wildman–Crippen MR) is 140 cm³/mol. The monoisotopic (exact) mass is 557 g/mol. The molecule has 6 rings (SSSR count). The number of aromatic nitrogens is 3. The number of anilines is 1. The highest BCUT2D eigenvalue weighted by Gasteiger charge is 2.39. The Hall–Kier alpha value is -4.39. The van der Waals surface area contributed by atoms with Crippen LogP contribution in [0.4, 0.5) is 15.8 Å². The Balaban J connectivity index is 1.47. The highest BCUT2D eigenvalue weighted by molar-refractivity contribution is 6.31. The predicted octanol–water partition coefficient (Wildman–Crippen LogP) is 3.84. The number of ether oxygens (including phenoxy) is 1. The van der Waals surface area contributed by atoms with E-state index in [-0.39, 0.29) is 48.4 Å². The fourth-order valence-corrected chi connectivity index (χ4v) is 5.88. The van der Waals surface area contributed by atoms with Crippen molar-refractivity contribution in [2.45, 2.75) is 31.8 Å². The topological polar surface area (TPSA) is 153 Å². The van der Waals surface area contributed by atoms with Gasteiger partial charge in [0.25, 0.3) is 0 Å². The van der Waals surface area contributed by atoms with Crippen LogP contribution in [0.1, 0.15) is 42.2 Å². The molecule has 0 amide bonds. The third-order valence-electron chi connectivity index (χ3n) is 7.50. The molecule has 0 unspecified atom stereocenters. The number of hydrogen-bond acceptors (Lipinski definition) is 7. The summed E-state index contributed by atoms with van der Waals surface area (Å²) < 4.78 is 24.9. The lowest BCUT2D eigenvalue weighted by Crippen LogP contribution is -2.38. The Morgan fingerprint density at radius 3 is 2.67 bits per heavy atom. The van der Waals surface area contributed by atoms with Crippen LogP contribution in [0.3, 0.4) is 0 Å². The summed E-state index contributed by atoms with van der Waals surface area (Å²) in [4.78, 5) is 53.0. The minimum absolute atomic E-state index is 0.0151. The Morgan fingerprint density at radius 1 is 1.28 bits per heavy atom. The van der Waals surface area contributed by atoms with Crippen LogP contribution < -0.4 is 20.8 Å². The highest BCUT2D eigenvalue weighted by Crippen LogP contribution is 2.47. The number of aromatic carboxylic acids is 1. The molecule has 4 aromatic rings. The summed E-state index contributed by atoms with van der Waals surface area (Å²) in [6.07, 6.45) is 1.96. The molecule has 0 bridgehead atoms. The van der Waals surface area contributed by atoms with Crippen LogP contribution in [0.2, 0.25) is 5.02 Å².